The monoisotopic (exact) mass is 275 g/mol. The highest BCUT2D eigenvalue weighted by atomic mass is 32.1. The zero-order valence-electron chi connectivity index (χ0n) is 10.8. The number of hydrogen-bond acceptors (Lipinski definition) is 4. The first kappa shape index (κ1) is 12.5. The molecule has 0 bridgehead atoms. The summed E-state index contributed by atoms with van der Waals surface area (Å²) in [6, 6.07) is 10.2. The van der Waals surface area contributed by atoms with Crippen LogP contribution in [0, 0.1) is 0 Å². The zero-order valence-corrected chi connectivity index (χ0v) is 11.7. The number of fused-ring (bicyclic) bond motifs is 1. The molecule has 3 nitrogen and oxygen atoms in total. The number of hydrogen-bond donors (Lipinski definition) is 1. The average molecular weight is 275 g/mol. The SMILES string of the molecule is CNC(Cc1ccsc1)C1COc2ccccc2O1. The van der Waals surface area contributed by atoms with E-state index in [1.807, 2.05) is 31.3 Å². The predicted molar refractivity (Wildman–Crippen MR) is 77.2 cm³/mol. The first-order valence-electron chi connectivity index (χ1n) is 6.43. The van der Waals surface area contributed by atoms with Crippen molar-refractivity contribution in [2.75, 3.05) is 13.7 Å². The third kappa shape index (κ3) is 2.74. The highest BCUT2D eigenvalue weighted by Crippen LogP contribution is 2.32. The second-order valence-electron chi connectivity index (χ2n) is 4.64. The van der Waals surface area contributed by atoms with Gasteiger partial charge in [-0.25, -0.2) is 0 Å². The van der Waals surface area contributed by atoms with E-state index < -0.39 is 0 Å². The van der Waals surface area contributed by atoms with Crippen LogP contribution in [-0.2, 0) is 6.42 Å². The van der Waals surface area contributed by atoms with E-state index in [2.05, 4.69) is 22.1 Å². The molecule has 1 aliphatic heterocycles. The molecule has 4 heteroatoms. The fraction of sp³-hybridized carbons (Fsp3) is 0.333. The van der Waals surface area contributed by atoms with E-state index in [1.165, 1.54) is 5.56 Å². The number of benzene rings is 1. The normalized spacial score (nSPS) is 19.1. The van der Waals surface area contributed by atoms with Gasteiger partial charge in [0.25, 0.3) is 0 Å². The van der Waals surface area contributed by atoms with Gasteiger partial charge < -0.3 is 14.8 Å². The summed E-state index contributed by atoms with van der Waals surface area (Å²) in [5.74, 6) is 1.67. The van der Waals surface area contributed by atoms with E-state index in [4.69, 9.17) is 9.47 Å². The van der Waals surface area contributed by atoms with Crippen molar-refractivity contribution in [1.82, 2.24) is 5.32 Å². The van der Waals surface area contributed by atoms with E-state index in [-0.39, 0.29) is 12.1 Å². The Bertz CT molecular complexity index is 527. The van der Waals surface area contributed by atoms with Gasteiger partial charge in [0.1, 0.15) is 12.7 Å². The maximum Gasteiger partial charge on any atom is 0.161 e. The van der Waals surface area contributed by atoms with Gasteiger partial charge in [-0.15, -0.1) is 0 Å². The minimum atomic E-state index is 0.0415. The average Bonchev–Trinajstić information content (AvgIpc) is 2.97. The molecule has 1 aromatic heterocycles. The highest BCUT2D eigenvalue weighted by molar-refractivity contribution is 7.07. The van der Waals surface area contributed by atoms with Crippen molar-refractivity contribution in [3.8, 4) is 11.5 Å². The lowest BCUT2D eigenvalue weighted by atomic mass is 10.0. The van der Waals surface area contributed by atoms with E-state index in [0.717, 1.165) is 17.9 Å². The van der Waals surface area contributed by atoms with Crippen molar-refractivity contribution >= 4 is 11.3 Å². The highest BCUT2D eigenvalue weighted by Gasteiger charge is 2.28. The number of rotatable bonds is 4. The number of likely N-dealkylation sites (N-methyl/N-ethyl adjacent to an activating group) is 1. The second-order valence-corrected chi connectivity index (χ2v) is 5.42. The van der Waals surface area contributed by atoms with Gasteiger partial charge in [-0.3, -0.25) is 0 Å². The molecule has 0 saturated heterocycles. The predicted octanol–water partition coefficient (Wildman–Crippen LogP) is 2.72. The summed E-state index contributed by atoms with van der Waals surface area (Å²) >= 11 is 1.73. The molecular weight excluding hydrogens is 258 g/mol. The van der Waals surface area contributed by atoms with Crippen LogP contribution in [0.1, 0.15) is 5.56 Å². The van der Waals surface area contributed by atoms with Gasteiger partial charge in [-0.2, -0.15) is 11.3 Å². The lowest BCUT2D eigenvalue weighted by Gasteiger charge is -2.32. The standard InChI is InChI=1S/C15H17NO2S/c1-16-12(8-11-6-7-19-10-11)15-9-17-13-4-2-3-5-14(13)18-15/h2-7,10,12,15-16H,8-9H2,1H3. The summed E-state index contributed by atoms with van der Waals surface area (Å²) in [7, 11) is 1.97. The summed E-state index contributed by atoms with van der Waals surface area (Å²) in [5, 5.41) is 7.63. The Balaban J connectivity index is 1.72. The molecule has 0 saturated carbocycles. The molecule has 0 fully saturated rings. The molecule has 3 rings (SSSR count). The van der Waals surface area contributed by atoms with Crippen LogP contribution in [0.15, 0.2) is 41.1 Å². The lowest BCUT2D eigenvalue weighted by Crippen LogP contribution is -2.47. The van der Waals surface area contributed by atoms with Crippen LogP contribution in [0.3, 0.4) is 0 Å². The minimum absolute atomic E-state index is 0.0415. The van der Waals surface area contributed by atoms with Gasteiger partial charge in [0.05, 0.1) is 6.04 Å². The Labute approximate surface area is 117 Å². The number of ether oxygens (including phenoxy) is 2. The van der Waals surface area contributed by atoms with Crippen molar-refractivity contribution in [3.63, 3.8) is 0 Å². The van der Waals surface area contributed by atoms with Crippen LogP contribution in [0.2, 0.25) is 0 Å². The third-order valence-electron chi connectivity index (χ3n) is 3.39. The molecule has 2 unspecified atom stereocenters. The van der Waals surface area contributed by atoms with Crippen molar-refractivity contribution in [2.45, 2.75) is 18.6 Å². The maximum atomic E-state index is 6.05. The Morgan fingerprint density at radius 3 is 2.89 bits per heavy atom. The number of nitrogens with one attached hydrogen (secondary N) is 1. The first-order valence-corrected chi connectivity index (χ1v) is 7.38. The fourth-order valence-corrected chi connectivity index (χ4v) is 3.00. The molecular formula is C15H17NO2S. The molecule has 2 aromatic rings. The van der Waals surface area contributed by atoms with Crippen LogP contribution >= 0.6 is 11.3 Å². The Hall–Kier alpha value is -1.52. The van der Waals surface area contributed by atoms with Crippen LogP contribution in [0.4, 0.5) is 0 Å². The Kier molecular flexibility index (Phi) is 3.71. The minimum Gasteiger partial charge on any atom is -0.486 e. The fourth-order valence-electron chi connectivity index (χ4n) is 2.32. The van der Waals surface area contributed by atoms with Gasteiger partial charge in [-0.1, -0.05) is 12.1 Å². The molecule has 100 valence electrons. The molecule has 0 amide bonds. The Morgan fingerprint density at radius 1 is 1.32 bits per heavy atom. The zero-order chi connectivity index (χ0) is 13.1. The first-order chi connectivity index (χ1) is 9.36. The smallest absolute Gasteiger partial charge is 0.161 e. The quantitative estimate of drug-likeness (QED) is 0.930. The topological polar surface area (TPSA) is 30.5 Å². The van der Waals surface area contributed by atoms with E-state index in [1.54, 1.807) is 11.3 Å². The van der Waals surface area contributed by atoms with Gasteiger partial charge >= 0.3 is 0 Å². The van der Waals surface area contributed by atoms with Gasteiger partial charge in [0.2, 0.25) is 0 Å². The van der Waals surface area contributed by atoms with E-state index in [9.17, 15) is 0 Å². The summed E-state index contributed by atoms with van der Waals surface area (Å²) in [6.45, 7) is 0.590. The number of para-hydroxylation sites is 2. The van der Waals surface area contributed by atoms with E-state index in [0.29, 0.717) is 6.61 Å². The summed E-state index contributed by atoms with van der Waals surface area (Å²) in [6.07, 6.45) is 0.996. The molecule has 0 radical (unpaired) electrons. The summed E-state index contributed by atoms with van der Waals surface area (Å²) < 4.78 is 11.8. The summed E-state index contributed by atoms with van der Waals surface area (Å²) in [4.78, 5) is 0. The van der Waals surface area contributed by atoms with Crippen LogP contribution in [-0.4, -0.2) is 25.8 Å². The maximum absolute atomic E-state index is 6.05. The molecule has 0 aliphatic carbocycles. The van der Waals surface area contributed by atoms with Crippen molar-refractivity contribution in [3.05, 3.63) is 46.7 Å². The molecule has 1 aromatic carbocycles. The molecule has 19 heavy (non-hydrogen) atoms. The summed E-state index contributed by atoms with van der Waals surface area (Å²) in [5.41, 5.74) is 1.34. The van der Waals surface area contributed by atoms with Crippen LogP contribution < -0.4 is 14.8 Å². The van der Waals surface area contributed by atoms with Gasteiger partial charge in [-0.05, 0) is 48.0 Å². The van der Waals surface area contributed by atoms with Crippen molar-refractivity contribution < 1.29 is 9.47 Å². The van der Waals surface area contributed by atoms with Crippen molar-refractivity contribution in [2.24, 2.45) is 0 Å². The van der Waals surface area contributed by atoms with Crippen LogP contribution in [0.25, 0.3) is 0 Å². The largest absolute Gasteiger partial charge is 0.486 e. The number of thiophene rings is 1. The van der Waals surface area contributed by atoms with Crippen LogP contribution in [0.5, 0.6) is 11.5 Å². The van der Waals surface area contributed by atoms with E-state index >= 15 is 0 Å². The lowest BCUT2D eigenvalue weighted by molar-refractivity contribution is 0.0641. The van der Waals surface area contributed by atoms with Gasteiger partial charge in [0, 0.05) is 0 Å². The molecule has 2 heterocycles. The van der Waals surface area contributed by atoms with Gasteiger partial charge in [0.15, 0.2) is 11.5 Å². The second kappa shape index (κ2) is 5.63. The Morgan fingerprint density at radius 2 is 2.16 bits per heavy atom. The van der Waals surface area contributed by atoms with Crippen molar-refractivity contribution in [1.29, 1.82) is 0 Å². The molecule has 2 atom stereocenters. The third-order valence-corrected chi connectivity index (χ3v) is 4.12. The molecule has 1 N–H and O–H groups in total. The molecule has 1 aliphatic rings. The molecule has 0 spiro atoms.